The first kappa shape index (κ1) is 14.3. The molecule has 0 saturated heterocycles. The fraction of sp³-hybridized carbons (Fsp3) is 0.588. The van der Waals surface area contributed by atoms with Crippen LogP contribution in [0.25, 0.3) is 0 Å². The molecule has 104 valence electrons. The largest absolute Gasteiger partial charge is 0.310 e. The number of nitrogens with one attached hydrogen (secondary N) is 1. The molecular formula is C17H26N2. The van der Waals surface area contributed by atoms with E-state index in [4.69, 9.17) is 0 Å². The smallest absolute Gasteiger partial charge is 0.0375 e. The van der Waals surface area contributed by atoms with Gasteiger partial charge in [0.05, 0.1) is 0 Å². The van der Waals surface area contributed by atoms with Crippen LogP contribution in [0.3, 0.4) is 0 Å². The Morgan fingerprint density at radius 2 is 2.26 bits per heavy atom. The molecule has 1 heterocycles. The van der Waals surface area contributed by atoms with Crippen LogP contribution in [0.2, 0.25) is 0 Å². The average molecular weight is 258 g/mol. The zero-order chi connectivity index (χ0) is 13.5. The molecule has 2 heteroatoms. The normalized spacial score (nSPS) is 17.1. The van der Waals surface area contributed by atoms with Crippen molar-refractivity contribution >= 4 is 0 Å². The lowest BCUT2D eigenvalue weighted by Crippen LogP contribution is -2.23. The van der Waals surface area contributed by atoms with E-state index in [0.29, 0.717) is 6.04 Å². The predicted molar refractivity (Wildman–Crippen MR) is 81.2 cm³/mol. The minimum atomic E-state index is 0.429. The van der Waals surface area contributed by atoms with Crippen LogP contribution < -0.4 is 5.32 Å². The van der Waals surface area contributed by atoms with E-state index in [1.54, 1.807) is 5.57 Å². The third kappa shape index (κ3) is 4.17. The van der Waals surface area contributed by atoms with Gasteiger partial charge < -0.3 is 5.32 Å². The van der Waals surface area contributed by atoms with Crippen molar-refractivity contribution < 1.29 is 0 Å². The summed E-state index contributed by atoms with van der Waals surface area (Å²) < 4.78 is 0. The van der Waals surface area contributed by atoms with E-state index in [-0.39, 0.29) is 0 Å². The highest BCUT2D eigenvalue weighted by molar-refractivity contribution is 5.27. The number of hydrogen-bond donors (Lipinski definition) is 1. The van der Waals surface area contributed by atoms with E-state index in [0.717, 1.165) is 13.0 Å². The van der Waals surface area contributed by atoms with Crippen LogP contribution in [0, 0.1) is 6.92 Å². The summed E-state index contributed by atoms with van der Waals surface area (Å²) in [6.45, 7) is 5.49. The maximum Gasteiger partial charge on any atom is 0.0375 e. The molecule has 1 aliphatic carbocycles. The minimum absolute atomic E-state index is 0.429. The molecule has 19 heavy (non-hydrogen) atoms. The Morgan fingerprint density at radius 3 is 2.95 bits per heavy atom. The third-order valence-corrected chi connectivity index (χ3v) is 3.95. The summed E-state index contributed by atoms with van der Waals surface area (Å²) in [5.74, 6) is 0. The van der Waals surface area contributed by atoms with Gasteiger partial charge in [-0.25, -0.2) is 0 Å². The van der Waals surface area contributed by atoms with E-state index in [2.05, 4.69) is 36.3 Å². The van der Waals surface area contributed by atoms with Crippen LogP contribution in [0.15, 0.2) is 30.1 Å². The summed E-state index contributed by atoms with van der Waals surface area (Å²) in [6, 6.07) is 2.54. The Balaban J connectivity index is 2.11. The topological polar surface area (TPSA) is 24.9 Å². The lowest BCUT2D eigenvalue weighted by Gasteiger charge is -2.23. The first-order valence-electron chi connectivity index (χ1n) is 7.63. The Kier molecular flexibility index (Phi) is 5.59. The summed E-state index contributed by atoms with van der Waals surface area (Å²) in [7, 11) is 0. The molecule has 0 fully saturated rings. The summed E-state index contributed by atoms with van der Waals surface area (Å²) in [4.78, 5) is 4.31. The number of pyridine rings is 1. The van der Waals surface area contributed by atoms with Crippen LogP contribution in [0.5, 0.6) is 0 Å². The van der Waals surface area contributed by atoms with Crippen LogP contribution in [-0.4, -0.2) is 11.5 Å². The molecule has 1 atom stereocenters. The molecule has 0 aliphatic heterocycles. The number of rotatable bonds is 6. The maximum atomic E-state index is 4.31. The summed E-state index contributed by atoms with van der Waals surface area (Å²) in [6.07, 6.45) is 14.0. The standard InChI is InChI=1S/C17H26N2/c1-3-10-19-17(12-15-7-5-4-6-8-15)16-13-18-11-9-14(16)2/h7,9,11,13,17,19H,3-6,8,10,12H2,1-2H3. The second-order valence-corrected chi connectivity index (χ2v) is 5.55. The van der Waals surface area contributed by atoms with Gasteiger partial charge in [-0.05, 0) is 69.2 Å². The molecule has 1 N–H and O–H groups in total. The van der Waals surface area contributed by atoms with Gasteiger partial charge in [0.25, 0.3) is 0 Å². The minimum Gasteiger partial charge on any atom is -0.310 e. The molecule has 0 aromatic carbocycles. The van der Waals surface area contributed by atoms with Crippen molar-refractivity contribution in [2.24, 2.45) is 0 Å². The molecule has 1 unspecified atom stereocenters. The van der Waals surface area contributed by atoms with Crippen LogP contribution in [0.1, 0.15) is 62.6 Å². The molecule has 1 aromatic heterocycles. The Bertz CT molecular complexity index is 423. The van der Waals surface area contributed by atoms with Crippen molar-refractivity contribution in [1.29, 1.82) is 0 Å². The second kappa shape index (κ2) is 7.44. The molecule has 2 rings (SSSR count). The van der Waals surface area contributed by atoms with Gasteiger partial charge in [0.15, 0.2) is 0 Å². The molecule has 0 spiro atoms. The second-order valence-electron chi connectivity index (χ2n) is 5.55. The summed E-state index contributed by atoms with van der Waals surface area (Å²) in [5, 5.41) is 3.69. The van der Waals surface area contributed by atoms with Crippen molar-refractivity contribution in [1.82, 2.24) is 10.3 Å². The van der Waals surface area contributed by atoms with E-state index < -0.39 is 0 Å². The average Bonchev–Trinajstić information content (AvgIpc) is 2.45. The van der Waals surface area contributed by atoms with Gasteiger partial charge in [-0.2, -0.15) is 0 Å². The van der Waals surface area contributed by atoms with Gasteiger partial charge in [0.1, 0.15) is 0 Å². The lowest BCUT2D eigenvalue weighted by molar-refractivity contribution is 0.508. The van der Waals surface area contributed by atoms with Gasteiger partial charge >= 0.3 is 0 Å². The number of aromatic nitrogens is 1. The molecule has 0 bridgehead atoms. The van der Waals surface area contributed by atoms with E-state index in [1.165, 1.54) is 43.2 Å². The molecule has 2 nitrogen and oxygen atoms in total. The van der Waals surface area contributed by atoms with Crippen LogP contribution >= 0.6 is 0 Å². The monoisotopic (exact) mass is 258 g/mol. The van der Waals surface area contributed by atoms with E-state index in [9.17, 15) is 0 Å². The third-order valence-electron chi connectivity index (χ3n) is 3.95. The van der Waals surface area contributed by atoms with Crippen LogP contribution in [-0.2, 0) is 0 Å². The highest BCUT2D eigenvalue weighted by atomic mass is 14.9. The van der Waals surface area contributed by atoms with Gasteiger partial charge in [0.2, 0.25) is 0 Å². The number of aryl methyl sites for hydroxylation is 1. The molecule has 1 aromatic rings. The predicted octanol–water partition coefficient (Wildman–Crippen LogP) is 4.32. The van der Waals surface area contributed by atoms with Gasteiger partial charge in [-0.3, -0.25) is 4.98 Å². The lowest BCUT2D eigenvalue weighted by atomic mass is 9.90. The Hall–Kier alpha value is -1.15. The quantitative estimate of drug-likeness (QED) is 0.769. The van der Waals surface area contributed by atoms with Crippen molar-refractivity contribution in [3.63, 3.8) is 0 Å². The Morgan fingerprint density at radius 1 is 1.37 bits per heavy atom. The highest BCUT2D eigenvalue weighted by Crippen LogP contribution is 2.28. The number of allylic oxidation sites excluding steroid dienone is 1. The Labute approximate surface area is 117 Å². The van der Waals surface area contributed by atoms with Gasteiger partial charge in [-0.1, -0.05) is 18.6 Å². The fourth-order valence-corrected chi connectivity index (χ4v) is 2.80. The summed E-state index contributed by atoms with van der Waals surface area (Å²) in [5.41, 5.74) is 4.34. The van der Waals surface area contributed by atoms with Crippen molar-refractivity contribution in [2.75, 3.05) is 6.54 Å². The molecule has 0 saturated carbocycles. The van der Waals surface area contributed by atoms with Gasteiger partial charge in [-0.15, -0.1) is 0 Å². The molecular weight excluding hydrogens is 232 g/mol. The molecule has 0 radical (unpaired) electrons. The van der Waals surface area contributed by atoms with Crippen LogP contribution in [0.4, 0.5) is 0 Å². The first-order valence-corrected chi connectivity index (χ1v) is 7.63. The highest BCUT2D eigenvalue weighted by Gasteiger charge is 2.16. The van der Waals surface area contributed by atoms with E-state index >= 15 is 0 Å². The first-order chi connectivity index (χ1) is 9.31. The number of hydrogen-bond acceptors (Lipinski definition) is 2. The van der Waals surface area contributed by atoms with Crippen molar-refractivity contribution in [3.05, 3.63) is 41.2 Å². The fourth-order valence-electron chi connectivity index (χ4n) is 2.80. The maximum absolute atomic E-state index is 4.31. The molecule has 0 amide bonds. The van der Waals surface area contributed by atoms with E-state index in [1.807, 2.05) is 12.4 Å². The van der Waals surface area contributed by atoms with Gasteiger partial charge in [0, 0.05) is 18.4 Å². The summed E-state index contributed by atoms with van der Waals surface area (Å²) >= 11 is 0. The number of nitrogens with zero attached hydrogens (tertiary/aromatic N) is 1. The molecule has 1 aliphatic rings. The zero-order valence-corrected chi connectivity index (χ0v) is 12.3. The SMILES string of the molecule is CCCNC(CC1=CCCCC1)c1cnccc1C. The zero-order valence-electron chi connectivity index (χ0n) is 12.3. The van der Waals surface area contributed by atoms with Crippen molar-refractivity contribution in [3.8, 4) is 0 Å². The van der Waals surface area contributed by atoms with Crippen molar-refractivity contribution in [2.45, 2.75) is 58.4 Å².